The predicted molar refractivity (Wildman–Crippen MR) is 150 cm³/mol. The third-order valence-corrected chi connectivity index (χ3v) is 8.29. The molecule has 4 heterocycles. The van der Waals surface area contributed by atoms with Crippen molar-refractivity contribution >= 4 is 23.1 Å². The summed E-state index contributed by atoms with van der Waals surface area (Å²) >= 11 is 1.68. The largest absolute Gasteiger partial charge is 0.454 e. The van der Waals surface area contributed by atoms with E-state index < -0.39 is 0 Å². The van der Waals surface area contributed by atoms with Crippen LogP contribution in [0, 0.1) is 0 Å². The van der Waals surface area contributed by atoms with Crippen LogP contribution < -0.4 is 20.5 Å². The maximum atomic E-state index is 12.6. The number of fused-ring (bicyclic) bond motifs is 2. The molecule has 2 aromatic heterocycles. The number of benzene rings is 2. The number of nitrogens with one attached hydrogen (secondary N) is 2. The first-order valence-corrected chi connectivity index (χ1v) is 13.9. The van der Waals surface area contributed by atoms with E-state index in [1.165, 1.54) is 24.0 Å². The number of nitrogens with zero attached hydrogens (tertiary/aromatic N) is 2. The zero-order chi connectivity index (χ0) is 25.5. The molecule has 2 fully saturated rings. The molecule has 8 heteroatoms. The Morgan fingerprint density at radius 2 is 1.92 bits per heavy atom. The highest BCUT2D eigenvalue weighted by Crippen LogP contribution is 2.51. The zero-order valence-corrected chi connectivity index (χ0v) is 21.7. The van der Waals surface area contributed by atoms with Crippen LogP contribution in [-0.4, -0.2) is 36.3 Å². The Bertz CT molecular complexity index is 1560. The summed E-state index contributed by atoms with van der Waals surface area (Å²) in [7, 11) is 0. The van der Waals surface area contributed by atoms with Gasteiger partial charge >= 0.3 is 0 Å². The van der Waals surface area contributed by atoms with Gasteiger partial charge in [0.1, 0.15) is 5.75 Å². The molecule has 1 aliphatic carbocycles. The average molecular weight is 525 g/mol. The van der Waals surface area contributed by atoms with Crippen LogP contribution in [0.1, 0.15) is 29.9 Å². The van der Waals surface area contributed by atoms with Gasteiger partial charge < -0.3 is 24.7 Å². The van der Waals surface area contributed by atoms with E-state index >= 15 is 0 Å². The molecule has 4 aromatic rings. The highest BCUT2D eigenvalue weighted by atomic mass is 32.2. The van der Waals surface area contributed by atoms with Gasteiger partial charge in [-0.3, -0.25) is 9.78 Å². The van der Waals surface area contributed by atoms with Crippen molar-refractivity contribution in [3.63, 3.8) is 0 Å². The van der Waals surface area contributed by atoms with Gasteiger partial charge in [0, 0.05) is 55.0 Å². The lowest BCUT2D eigenvalue weighted by Crippen LogP contribution is -2.36. The molecule has 7 rings (SSSR count). The van der Waals surface area contributed by atoms with Crippen molar-refractivity contribution in [1.29, 1.82) is 0 Å². The van der Waals surface area contributed by atoms with Crippen molar-refractivity contribution in [2.75, 3.05) is 36.5 Å². The van der Waals surface area contributed by atoms with Crippen LogP contribution >= 0.6 is 11.8 Å². The standard InChI is InChI=1S/C30H28N4O3S/c35-29-15-23(34-8-10-36-11-9-34)14-25(33-29)24-2-1-3-27-30(24)37-26-7-6-22(13-28(26)38-27)32-17-19-12-21(18-31-16-19)20-4-5-20/h1-3,6-7,12-16,18,20,32H,4-5,8-11,17H2,(H,33,35). The Hall–Kier alpha value is -3.75. The molecule has 1 saturated carbocycles. The molecular weight excluding hydrogens is 496 g/mol. The van der Waals surface area contributed by atoms with Gasteiger partial charge in [-0.1, -0.05) is 23.9 Å². The first-order valence-electron chi connectivity index (χ1n) is 13.1. The maximum Gasteiger partial charge on any atom is 0.250 e. The van der Waals surface area contributed by atoms with E-state index in [-0.39, 0.29) is 5.56 Å². The average Bonchev–Trinajstić information content (AvgIpc) is 3.81. The Morgan fingerprint density at radius 1 is 1.03 bits per heavy atom. The van der Waals surface area contributed by atoms with E-state index in [4.69, 9.17) is 9.47 Å². The third-order valence-electron chi connectivity index (χ3n) is 7.21. The number of hydrogen-bond donors (Lipinski definition) is 2. The number of morpholine rings is 1. The van der Waals surface area contributed by atoms with Crippen molar-refractivity contribution in [3.8, 4) is 22.8 Å². The van der Waals surface area contributed by atoms with E-state index in [1.54, 1.807) is 17.8 Å². The van der Waals surface area contributed by atoms with E-state index in [1.807, 2.05) is 42.7 Å². The Kier molecular flexibility index (Phi) is 6.06. The molecule has 1 saturated heterocycles. The van der Waals surface area contributed by atoms with Crippen LogP contribution in [0.15, 0.2) is 81.6 Å². The summed E-state index contributed by atoms with van der Waals surface area (Å²) < 4.78 is 11.9. The Morgan fingerprint density at radius 3 is 2.79 bits per heavy atom. The number of aromatic amines is 1. The van der Waals surface area contributed by atoms with Crippen LogP contribution in [0.25, 0.3) is 11.3 Å². The van der Waals surface area contributed by atoms with Gasteiger partial charge in [0.05, 0.1) is 28.7 Å². The van der Waals surface area contributed by atoms with Gasteiger partial charge in [0.15, 0.2) is 5.75 Å². The van der Waals surface area contributed by atoms with Crippen LogP contribution in [0.3, 0.4) is 0 Å². The lowest BCUT2D eigenvalue weighted by atomic mass is 10.1. The number of para-hydroxylation sites is 1. The van der Waals surface area contributed by atoms with Gasteiger partial charge in [0.25, 0.3) is 0 Å². The third kappa shape index (κ3) is 4.77. The SMILES string of the molecule is O=c1cc(N2CCOCC2)cc(-c2cccc3c2Oc2ccc(NCc4cncc(C5CC5)c4)cc2S3)[nH]1. The molecule has 38 heavy (non-hydrogen) atoms. The van der Waals surface area contributed by atoms with Gasteiger partial charge in [-0.2, -0.15) is 0 Å². The van der Waals surface area contributed by atoms with Gasteiger partial charge in [0.2, 0.25) is 5.56 Å². The summed E-state index contributed by atoms with van der Waals surface area (Å²) in [5, 5.41) is 3.54. The summed E-state index contributed by atoms with van der Waals surface area (Å²) in [6.45, 7) is 3.61. The fourth-order valence-electron chi connectivity index (χ4n) is 5.05. The van der Waals surface area contributed by atoms with Crippen LogP contribution in [0.4, 0.5) is 11.4 Å². The van der Waals surface area contributed by atoms with Gasteiger partial charge in [-0.25, -0.2) is 0 Å². The number of aromatic nitrogens is 2. The summed E-state index contributed by atoms with van der Waals surface area (Å²) in [5.74, 6) is 2.28. The number of H-pyrrole nitrogens is 1. The van der Waals surface area contributed by atoms with E-state index in [0.29, 0.717) is 19.1 Å². The number of pyridine rings is 2. The Labute approximate surface area is 225 Å². The zero-order valence-electron chi connectivity index (χ0n) is 20.9. The van der Waals surface area contributed by atoms with Gasteiger partial charge in [-0.15, -0.1) is 0 Å². The highest BCUT2D eigenvalue weighted by molar-refractivity contribution is 7.99. The van der Waals surface area contributed by atoms with Gasteiger partial charge in [-0.05, 0) is 66.3 Å². The summed E-state index contributed by atoms with van der Waals surface area (Å²) in [6, 6.07) is 18.2. The van der Waals surface area contributed by atoms with E-state index in [9.17, 15) is 4.79 Å². The summed E-state index contributed by atoms with van der Waals surface area (Å²) in [5.41, 5.74) is 5.99. The number of ether oxygens (including phenoxy) is 2. The van der Waals surface area contributed by atoms with Crippen molar-refractivity contribution in [2.45, 2.75) is 35.1 Å². The smallest absolute Gasteiger partial charge is 0.250 e. The topological polar surface area (TPSA) is 79.5 Å². The molecule has 0 spiro atoms. The highest BCUT2D eigenvalue weighted by Gasteiger charge is 2.25. The minimum Gasteiger partial charge on any atom is -0.454 e. The molecular formula is C30H28N4O3S. The molecule has 0 radical (unpaired) electrons. The fourth-order valence-corrected chi connectivity index (χ4v) is 6.07. The normalized spacial score (nSPS) is 16.4. The fraction of sp³-hybridized carbons (Fsp3) is 0.267. The second-order valence-corrected chi connectivity index (χ2v) is 11.1. The lowest BCUT2D eigenvalue weighted by molar-refractivity contribution is 0.122. The lowest BCUT2D eigenvalue weighted by Gasteiger charge is -2.29. The molecule has 0 bridgehead atoms. The number of rotatable bonds is 6. The van der Waals surface area contributed by atoms with E-state index in [2.05, 4.69) is 38.4 Å². The molecule has 0 atom stereocenters. The van der Waals surface area contributed by atoms with E-state index in [0.717, 1.165) is 63.6 Å². The summed E-state index contributed by atoms with van der Waals surface area (Å²) in [6.07, 6.45) is 6.48. The van der Waals surface area contributed by atoms with Crippen LogP contribution in [0.2, 0.25) is 0 Å². The second kappa shape index (κ2) is 9.85. The monoisotopic (exact) mass is 524 g/mol. The van der Waals surface area contributed by atoms with Crippen LogP contribution in [0.5, 0.6) is 11.5 Å². The molecule has 2 aromatic carbocycles. The first-order chi connectivity index (χ1) is 18.7. The maximum absolute atomic E-state index is 12.6. The minimum atomic E-state index is -0.126. The summed E-state index contributed by atoms with van der Waals surface area (Å²) in [4.78, 5) is 24.3. The second-order valence-electron chi connectivity index (χ2n) is 9.97. The van der Waals surface area contributed by atoms with Crippen LogP contribution in [-0.2, 0) is 11.3 Å². The minimum absolute atomic E-state index is 0.126. The number of anilines is 2. The number of hydrogen-bond acceptors (Lipinski definition) is 7. The molecule has 3 aliphatic rings. The molecule has 2 N–H and O–H groups in total. The molecule has 2 aliphatic heterocycles. The van der Waals surface area contributed by atoms with Crippen molar-refractivity contribution in [2.24, 2.45) is 0 Å². The molecule has 192 valence electrons. The van der Waals surface area contributed by atoms with Crippen molar-refractivity contribution < 1.29 is 9.47 Å². The van der Waals surface area contributed by atoms with Crippen molar-refractivity contribution in [3.05, 3.63) is 88.5 Å². The van der Waals surface area contributed by atoms with Crippen molar-refractivity contribution in [1.82, 2.24) is 9.97 Å². The molecule has 0 amide bonds. The Balaban J connectivity index is 1.12. The first kappa shape index (κ1) is 23.4. The quantitative estimate of drug-likeness (QED) is 0.281. The molecule has 0 unspecified atom stereocenters. The molecule has 7 nitrogen and oxygen atoms in total. The predicted octanol–water partition coefficient (Wildman–Crippen LogP) is 6.02.